The quantitative estimate of drug-likeness (QED) is 0.605. The monoisotopic (exact) mass is 224 g/mol. The molecule has 2 rings (SSSR count). The largest absolute Gasteiger partial charge is 0.313 e. The summed E-state index contributed by atoms with van der Waals surface area (Å²) in [5.74, 6) is 2.09. The van der Waals surface area contributed by atoms with Crippen LogP contribution in [0.5, 0.6) is 0 Å². The summed E-state index contributed by atoms with van der Waals surface area (Å²) in [6.45, 7) is 9.41. The van der Waals surface area contributed by atoms with E-state index in [2.05, 4.69) is 24.1 Å². The maximum absolute atomic E-state index is 3.82. The van der Waals surface area contributed by atoms with Crippen LogP contribution < -0.4 is 5.32 Å². The first kappa shape index (κ1) is 12.4. The molecule has 2 saturated carbocycles. The molecule has 2 nitrogen and oxygen atoms in total. The Bertz CT molecular complexity index is 181. The predicted molar refractivity (Wildman–Crippen MR) is 69.6 cm³/mol. The molecule has 2 fully saturated rings. The van der Waals surface area contributed by atoms with Crippen LogP contribution in [0.2, 0.25) is 0 Å². The fraction of sp³-hybridized carbons (Fsp3) is 1.00. The maximum Gasteiger partial charge on any atom is 0.0124 e. The van der Waals surface area contributed by atoms with E-state index in [1.165, 1.54) is 58.3 Å². The van der Waals surface area contributed by atoms with Crippen LogP contribution in [0.1, 0.15) is 46.0 Å². The lowest BCUT2D eigenvalue weighted by Crippen LogP contribution is -2.35. The van der Waals surface area contributed by atoms with Crippen molar-refractivity contribution in [1.29, 1.82) is 0 Å². The summed E-state index contributed by atoms with van der Waals surface area (Å²) in [7, 11) is 0. The van der Waals surface area contributed by atoms with Crippen molar-refractivity contribution in [3.63, 3.8) is 0 Å². The van der Waals surface area contributed by atoms with Crippen LogP contribution in [0.25, 0.3) is 0 Å². The van der Waals surface area contributed by atoms with Crippen LogP contribution in [0.3, 0.4) is 0 Å². The van der Waals surface area contributed by atoms with Crippen LogP contribution in [0.15, 0.2) is 0 Å². The second-order valence-electron chi connectivity index (χ2n) is 5.54. The van der Waals surface area contributed by atoms with Crippen molar-refractivity contribution in [2.45, 2.75) is 52.0 Å². The molecule has 0 aromatic carbocycles. The van der Waals surface area contributed by atoms with Gasteiger partial charge in [0.2, 0.25) is 0 Å². The van der Waals surface area contributed by atoms with E-state index in [0.717, 1.165) is 17.9 Å². The van der Waals surface area contributed by atoms with Gasteiger partial charge in [0.1, 0.15) is 0 Å². The Hall–Kier alpha value is -0.0800. The predicted octanol–water partition coefficient (Wildman–Crippen LogP) is 2.50. The topological polar surface area (TPSA) is 15.3 Å². The van der Waals surface area contributed by atoms with E-state index in [1.54, 1.807) is 0 Å². The second kappa shape index (κ2) is 6.02. The number of hydrogen-bond donors (Lipinski definition) is 1. The van der Waals surface area contributed by atoms with E-state index in [1.807, 2.05) is 0 Å². The van der Waals surface area contributed by atoms with Crippen molar-refractivity contribution in [3.05, 3.63) is 0 Å². The van der Waals surface area contributed by atoms with Gasteiger partial charge in [-0.1, -0.05) is 13.8 Å². The summed E-state index contributed by atoms with van der Waals surface area (Å²) in [5, 5.41) is 3.82. The molecule has 1 N–H and O–H groups in total. The van der Waals surface area contributed by atoms with Gasteiger partial charge in [0.05, 0.1) is 0 Å². The summed E-state index contributed by atoms with van der Waals surface area (Å²) in [4.78, 5) is 2.52. The minimum absolute atomic E-state index is 0.886. The van der Waals surface area contributed by atoms with Crippen LogP contribution >= 0.6 is 0 Å². The zero-order valence-electron chi connectivity index (χ0n) is 11.0. The Morgan fingerprint density at radius 1 is 1.06 bits per heavy atom. The van der Waals surface area contributed by atoms with Gasteiger partial charge in [0.25, 0.3) is 0 Å². The zero-order chi connectivity index (χ0) is 11.4. The van der Waals surface area contributed by atoms with Crippen LogP contribution in [0.4, 0.5) is 0 Å². The Balaban J connectivity index is 1.55. The molecule has 94 valence electrons. The molecule has 0 aliphatic heterocycles. The van der Waals surface area contributed by atoms with Crippen molar-refractivity contribution in [3.8, 4) is 0 Å². The maximum atomic E-state index is 3.82. The van der Waals surface area contributed by atoms with E-state index in [9.17, 15) is 0 Å². The van der Waals surface area contributed by atoms with Crippen molar-refractivity contribution < 1.29 is 0 Å². The first-order chi connectivity index (χ1) is 7.85. The van der Waals surface area contributed by atoms with Crippen LogP contribution in [-0.2, 0) is 0 Å². The first-order valence-corrected chi connectivity index (χ1v) is 7.30. The van der Waals surface area contributed by atoms with Gasteiger partial charge in [0.15, 0.2) is 0 Å². The highest BCUT2D eigenvalue weighted by molar-refractivity contribution is 4.96. The second-order valence-corrected chi connectivity index (χ2v) is 5.54. The third kappa shape index (κ3) is 3.74. The molecule has 0 aromatic rings. The van der Waals surface area contributed by atoms with Crippen LogP contribution in [0, 0.1) is 11.8 Å². The molecule has 0 atom stereocenters. The zero-order valence-corrected chi connectivity index (χ0v) is 11.0. The highest BCUT2D eigenvalue weighted by Crippen LogP contribution is 2.44. The van der Waals surface area contributed by atoms with Crippen molar-refractivity contribution >= 4 is 0 Å². The average Bonchev–Trinajstić information content (AvgIpc) is 3.17. The third-order valence-corrected chi connectivity index (χ3v) is 4.19. The van der Waals surface area contributed by atoms with Crippen molar-refractivity contribution in [1.82, 2.24) is 10.2 Å². The first-order valence-electron chi connectivity index (χ1n) is 7.30. The summed E-state index contributed by atoms with van der Waals surface area (Å²) in [5.41, 5.74) is 0. The van der Waals surface area contributed by atoms with E-state index < -0.39 is 0 Å². The van der Waals surface area contributed by atoms with Gasteiger partial charge >= 0.3 is 0 Å². The molecule has 0 amide bonds. The Labute approximate surface area is 101 Å². The van der Waals surface area contributed by atoms with Crippen molar-refractivity contribution in [2.75, 3.05) is 26.2 Å². The van der Waals surface area contributed by atoms with Gasteiger partial charge in [-0.05, 0) is 70.1 Å². The molecular weight excluding hydrogens is 196 g/mol. The summed E-state index contributed by atoms with van der Waals surface area (Å²) in [6, 6.07) is 0.886. The molecule has 16 heavy (non-hydrogen) atoms. The fourth-order valence-corrected chi connectivity index (χ4v) is 2.74. The molecule has 0 heterocycles. The van der Waals surface area contributed by atoms with Gasteiger partial charge in [-0.25, -0.2) is 0 Å². The molecular formula is C14H28N2. The molecule has 0 saturated heterocycles. The Morgan fingerprint density at radius 2 is 1.62 bits per heavy atom. The Morgan fingerprint density at radius 3 is 2.06 bits per heavy atom. The van der Waals surface area contributed by atoms with E-state index in [0.29, 0.717) is 0 Å². The van der Waals surface area contributed by atoms with Crippen LogP contribution in [-0.4, -0.2) is 37.1 Å². The van der Waals surface area contributed by atoms with Crippen molar-refractivity contribution in [2.24, 2.45) is 11.8 Å². The lowest BCUT2D eigenvalue weighted by molar-refractivity contribution is 0.292. The molecule has 2 heteroatoms. The molecule has 2 aliphatic rings. The normalized spacial score (nSPS) is 21.0. The third-order valence-electron chi connectivity index (χ3n) is 4.19. The molecule has 0 radical (unpaired) electrons. The highest BCUT2D eigenvalue weighted by atomic mass is 15.1. The molecule has 0 aromatic heterocycles. The summed E-state index contributed by atoms with van der Waals surface area (Å²) in [6.07, 6.45) is 7.28. The highest BCUT2D eigenvalue weighted by Gasteiger charge is 2.40. The minimum atomic E-state index is 0.886. The number of rotatable bonds is 9. The number of nitrogens with one attached hydrogen (secondary N) is 1. The molecule has 0 spiro atoms. The van der Waals surface area contributed by atoms with Gasteiger partial charge in [-0.2, -0.15) is 0 Å². The number of hydrogen-bond acceptors (Lipinski definition) is 2. The minimum Gasteiger partial charge on any atom is -0.313 e. The standard InChI is InChI=1S/C14H28N2/c1-3-16(4-2)11-5-10-15-14(12-6-7-12)13-8-9-13/h12-15H,3-11H2,1-2H3. The molecule has 2 aliphatic carbocycles. The SMILES string of the molecule is CCN(CC)CCCNC(C1CC1)C1CC1. The van der Waals surface area contributed by atoms with E-state index in [-0.39, 0.29) is 0 Å². The summed E-state index contributed by atoms with van der Waals surface area (Å²) < 4.78 is 0. The number of nitrogens with zero attached hydrogens (tertiary/aromatic N) is 1. The van der Waals surface area contributed by atoms with E-state index >= 15 is 0 Å². The van der Waals surface area contributed by atoms with Gasteiger partial charge in [0, 0.05) is 6.04 Å². The van der Waals surface area contributed by atoms with E-state index in [4.69, 9.17) is 0 Å². The van der Waals surface area contributed by atoms with Gasteiger partial charge < -0.3 is 10.2 Å². The van der Waals surface area contributed by atoms with Gasteiger partial charge in [-0.3, -0.25) is 0 Å². The van der Waals surface area contributed by atoms with Gasteiger partial charge in [-0.15, -0.1) is 0 Å². The molecule has 0 bridgehead atoms. The lowest BCUT2D eigenvalue weighted by atomic mass is 10.1. The fourth-order valence-electron chi connectivity index (χ4n) is 2.74. The molecule has 0 unspecified atom stereocenters. The summed E-state index contributed by atoms with van der Waals surface area (Å²) >= 11 is 0. The average molecular weight is 224 g/mol. The Kier molecular flexibility index (Phi) is 4.66. The lowest BCUT2D eigenvalue weighted by Gasteiger charge is -2.20. The smallest absolute Gasteiger partial charge is 0.0124 e.